The summed E-state index contributed by atoms with van der Waals surface area (Å²) in [5.74, 6) is 0. The maximum Gasteiger partial charge on any atom is 0.0662 e. The molecule has 0 unspecified atom stereocenters. The van der Waals surface area contributed by atoms with E-state index in [1.807, 2.05) is 23.9 Å². The summed E-state index contributed by atoms with van der Waals surface area (Å²) in [5.41, 5.74) is 2.39. The van der Waals surface area contributed by atoms with Crippen LogP contribution in [0.4, 0.5) is 0 Å². The van der Waals surface area contributed by atoms with Crippen molar-refractivity contribution in [2.75, 3.05) is 13.2 Å². The van der Waals surface area contributed by atoms with Crippen LogP contribution in [-0.2, 0) is 11.3 Å². The van der Waals surface area contributed by atoms with Crippen LogP contribution in [0.2, 0.25) is 0 Å². The molecule has 0 saturated carbocycles. The third-order valence-corrected chi connectivity index (χ3v) is 3.43. The third-order valence-electron chi connectivity index (χ3n) is 2.49. The predicted octanol–water partition coefficient (Wildman–Crippen LogP) is 3.19. The second kappa shape index (κ2) is 6.16. The number of halogens is 1. The van der Waals surface area contributed by atoms with E-state index in [2.05, 4.69) is 52.1 Å². The summed E-state index contributed by atoms with van der Waals surface area (Å²) in [5, 5.41) is 4.34. The standard InChI is InChI=1S/C13H15IN2O/c1-2-17-8-7-16-10-11(9-15-16)12-5-3-4-6-13(12)14/h3-6,9-10H,2,7-8H2,1H3. The molecule has 0 N–H and O–H groups in total. The molecular formula is C13H15IN2O. The maximum atomic E-state index is 5.31. The molecule has 4 heteroatoms. The number of hydrogen-bond donors (Lipinski definition) is 0. The normalized spacial score (nSPS) is 10.7. The zero-order valence-electron chi connectivity index (χ0n) is 9.77. The average Bonchev–Trinajstić information content (AvgIpc) is 2.79. The van der Waals surface area contributed by atoms with Crippen LogP contribution in [0, 0.1) is 3.57 Å². The molecule has 1 aromatic heterocycles. The van der Waals surface area contributed by atoms with E-state index < -0.39 is 0 Å². The molecule has 90 valence electrons. The zero-order valence-corrected chi connectivity index (χ0v) is 11.9. The number of rotatable bonds is 5. The molecule has 3 nitrogen and oxygen atoms in total. The minimum Gasteiger partial charge on any atom is -0.380 e. The first-order chi connectivity index (χ1) is 8.31. The van der Waals surface area contributed by atoms with E-state index in [4.69, 9.17) is 4.74 Å². The van der Waals surface area contributed by atoms with Gasteiger partial charge in [0.05, 0.1) is 19.3 Å². The van der Waals surface area contributed by atoms with Crippen molar-refractivity contribution in [2.24, 2.45) is 0 Å². The number of aromatic nitrogens is 2. The average molecular weight is 342 g/mol. The fourth-order valence-electron chi connectivity index (χ4n) is 1.62. The number of benzene rings is 1. The Morgan fingerprint density at radius 3 is 2.94 bits per heavy atom. The van der Waals surface area contributed by atoms with Crippen molar-refractivity contribution in [3.05, 3.63) is 40.2 Å². The molecule has 0 atom stereocenters. The lowest BCUT2D eigenvalue weighted by Gasteiger charge is -2.02. The molecule has 0 amide bonds. The summed E-state index contributed by atoms with van der Waals surface area (Å²) in [4.78, 5) is 0. The molecule has 0 aliphatic carbocycles. The Bertz CT molecular complexity index is 482. The lowest BCUT2D eigenvalue weighted by atomic mass is 10.1. The highest BCUT2D eigenvalue weighted by molar-refractivity contribution is 14.1. The van der Waals surface area contributed by atoms with Crippen molar-refractivity contribution in [1.29, 1.82) is 0 Å². The van der Waals surface area contributed by atoms with Crippen LogP contribution in [-0.4, -0.2) is 23.0 Å². The Kier molecular flexibility index (Phi) is 4.56. The van der Waals surface area contributed by atoms with Gasteiger partial charge in [-0.15, -0.1) is 0 Å². The number of nitrogens with zero attached hydrogens (tertiary/aromatic N) is 2. The van der Waals surface area contributed by atoms with E-state index in [-0.39, 0.29) is 0 Å². The van der Waals surface area contributed by atoms with Gasteiger partial charge in [-0.05, 0) is 41.1 Å². The molecule has 0 bridgehead atoms. The molecule has 0 radical (unpaired) electrons. The highest BCUT2D eigenvalue weighted by atomic mass is 127. The van der Waals surface area contributed by atoms with Gasteiger partial charge in [0.15, 0.2) is 0 Å². The molecule has 1 heterocycles. The van der Waals surface area contributed by atoms with Crippen LogP contribution >= 0.6 is 22.6 Å². The van der Waals surface area contributed by atoms with Crippen LogP contribution in [0.15, 0.2) is 36.7 Å². The number of hydrogen-bond acceptors (Lipinski definition) is 2. The monoisotopic (exact) mass is 342 g/mol. The van der Waals surface area contributed by atoms with Gasteiger partial charge in [0.1, 0.15) is 0 Å². The van der Waals surface area contributed by atoms with E-state index in [0.717, 1.165) is 18.7 Å². The molecule has 1 aromatic carbocycles. The highest BCUT2D eigenvalue weighted by Crippen LogP contribution is 2.24. The summed E-state index contributed by atoms with van der Waals surface area (Å²) < 4.78 is 8.48. The van der Waals surface area contributed by atoms with Crippen LogP contribution in [0.3, 0.4) is 0 Å². The second-order valence-electron chi connectivity index (χ2n) is 3.67. The molecule has 0 aliphatic heterocycles. The second-order valence-corrected chi connectivity index (χ2v) is 4.83. The summed E-state index contributed by atoms with van der Waals surface area (Å²) in [6.07, 6.45) is 3.97. The SMILES string of the molecule is CCOCCn1cc(-c2ccccc2I)cn1. The molecule has 0 spiro atoms. The summed E-state index contributed by atoms with van der Waals surface area (Å²) in [6, 6.07) is 8.32. The molecule has 17 heavy (non-hydrogen) atoms. The molecule has 0 saturated heterocycles. The largest absolute Gasteiger partial charge is 0.380 e. The van der Waals surface area contributed by atoms with Crippen molar-refractivity contribution in [2.45, 2.75) is 13.5 Å². The fourth-order valence-corrected chi connectivity index (χ4v) is 2.32. The third kappa shape index (κ3) is 3.29. The van der Waals surface area contributed by atoms with Crippen LogP contribution in [0.1, 0.15) is 6.92 Å². The van der Waals surface area contributed by atoms with E-state index in [1.165, 1.54) is 9.13 Å². The molecule has 0 aliphatic rings. The van der Waals surface area contributed by atoms with Gasteiger partial charge in [0.25, 0.3) is 0 Å². The number of ether oxygens (including phenoxy) is 1. The van der Waals surface area contributed by atoms with Gasteiger partial charge in [0, 0.05) is 21.9 Å². The summed E-state index contributed by atoms with van der Waals surface area (Å²) >= 11 is 2.35. The van der Waals surface area contributed by atoms with E-state index in [0.29, 0.717) is 6.61 Å². The quantitative estimate of drug-likeness (QED) is 0.616. The lowest BCUT2D eigenvalue weighted by Crippen LogP contribution is -2.05. The first-order valence-corrected chi connectivity index (χ1v) is 6.74. The molecule has 2 aromatic rings. The van der Waals surface area contributed by atoms with Gasteiger partial charge >= 0.3 is 0 Å². The Labute approximate surface area is 115 Å². The Morgan fingerprint density at radius 1 is 1.35 bits per heavy atom. The van der Waals surface area contributed by atoms with E-state index in [1.54, 1.807) is 0 Å². The van der Waals surface area contributed by atoms with Crippen LogP contribution < -0.4 is 0 Å². The van der Waals surface area contributed by atoms with Crippen LogP contribution in [0.5, 0.6) is 0 Å². The molecule has 2 rings (SSSR count). The van der Waals surface area contributed by atoms with E-state index >= 15 is 0 Å². The van der Waals surface area contributed by atoms with Gasteiger partial charge in [-0.25, -0.2) is 0 Å². The Hall–Kier alpha value is -0.880. The van der Waals surface area contributed by atoms with Gasteiger partial charge in [-0.3, -0.25) is 4.68 Å². The zero-order chi connectivity index (χ0) is 12.1. The van der Waals surface area contributed by atoms with Gasteiger partial charge in [0.2, 0.25) is 0 Å². The van der Waals surface area contributed by atoms with E-state index in [9.17, 15) is 0 Å². The predicted molar refractivity (Wildman–Crippen MR) is 76.9 cm³/mol. The van der Waals surface area contributed by atoms with Crippen molar-refractivity contribution in [3.63, 3.8) is 0 Å². The molecular weight excluding hydrogens is 327 g/mol. The van der Waals surface area contributed by atoms with Gasteiger partial charge in [-0.1, -0.05) is 18.2 Å². The lowest BCUT2D eigenvalue weighted by molar-refractivity contribution is 0.136. The van der Waals surface area contributed by atoms with Crippen molar-refractivity contribution in [3.8, 4) is 11.1 Å². The van der Waals surface area contributed by atoms with Gasteiger partial charge < -0.3 is 4.74 Å². The Morgan fingerprint density at radius 2 is 2.18 bits per heavy atom. The topological polar surface area (TPSA) is 27.1 Å². The maximum absolute atomic E-state index is 5.31. The van der Waals surface area contributed by atoms with Crippen molar-refractivity contribution < 1.29 is 4.74 Å². The minimum absolute atomic E-state index is 0.712. The summed E-state index contributed by atoms with van der Waals surface area (Å²) in [7, 11) is 0. The minimum atomic E-state index is 0.712. The van der Waals surface area contributed by atoms with Gasteiger partial charge in [-0.2, -0.15) is 5.10 Å². The first kappa shape index (κ1) is 12.6. The summed E-state index contributed by atoms with van der Waals surface area (Å²) in [6.45, 7) is 4.27. The van der Waals surface area contributed by atoms with Crippen LogP contribution in [0.25, 0.3) is 11.1 Å². The van der Waals surface area contributed by atoms with Crippen molar-refractivity contribution >= 4 is 22.6 Å². The molecule has 0 fully saturated rings. The fraction of sp³-hybridized carbons (Fsp3) is 0.308. The first-order valence-electron chi connectivity index (χ1n) is 5.66. The highest BCUT2D eigenvalue weighted by Gasteiger charge is 2.04. The smallest absolute Gasteiger partial charge is 0.0662 e. The Balaban J connectivity index is 2.10. The van der Waals surface area contributed by atoms with Crippen molar-refractivity contribution in [1.82, 2.24) is 9.78 Å².